The minimum Gasteiger partial charge on any atom is -0.356 e. The lowest BCUT2D eigenvalue weighted by molar-refractivity contribution is -0.385. The summed E-state index contributed by atoms with van der Waals surface area (Å²) in [6.45, 7) is 1.97. The third kappa shape index (κ3) is 3.13. The molecule has 0 aromatic carbocycles. The molecule has 0 aliphatic carbocycles. The summed E-state index contributed by atoms with van der Waals surface area (Å²) in [6.07, 6.45) is 7.13. The van der Waals surface area contributed by atoms with Crippen LogP contribution in [-0.4, -0.2) is 34.5 Å². The Hall–Kier alpha value is -1.30. The number of pyridine rings is 1. The van der Waals surface area contributed by atoms with Crippen LogP contribution >= 0.6 is 11.8 Å². The van der Waals surface area contributed by atoms with E-state index in [1.807, 2.05) is 11.8 Å². The first kappa shape index (κ1) is 13.1. The van der Waals surface area contributed by atoms with E-state index in [-0.39, 0.29) is 5.69 Å². The molecule has 1 aromatic heterocycles. The van der Waals surface area contributed by atoms with Gasteiger partial charge in [0.25, 0.3) is 5.69 Å². The van der Waals surface area contributed by atoms with Crippen molar-refractivity contribution in [1.29, 1.82) is 0 Å². The highest BCUT2D eigenvalue weighted by molar-refractivity contribution is 7.99. The first-order valence-electron chi connectivity index (χ1n) is 6.09. The lowest BCUT2D eigenvalue weighted by atomic mass is 10.2. The molecule has 0 amide bonds. The molecule has 1 aliphatic rings. The van der Waals surface area contributed by atoms with Gasteiger partial charge < -0.3 is 4.90 Å². The highest BCUT2D eigenvalue weighted by atomic mass is 32.2. The van der Waals surface area contributed by atoms with E-state index in [0.29, 0.717) is 5.25 Å². The van der Waals surface area contributed by atoms with Crippen molar-refractivity contribution in [3.05, 3.63) is 28.4 Å². The van der Waals surface area contributed by atoms with Gasteiger partial charge in [0.1, 0.15) is 12.0 Å². The largest absolute Gasteiger partial charge is 0.356 e. The summed E-state index contributed by atoms with van der Waals surface area (Å²) in [5.74, 6) is 0.849. The zero-order valence-corrected chi connectivity index (χ0v) is 11.2. The van der Waals surface area contributed by atoms with Gasteiger partial charge in [-0.3, -0.25) is 10.1 Å². The van der Waals surface area contributed by atoms with E-state index >= 15 is 0 Å². The molecule has 2 heterocycles. The number of thioether (sulfide) groups is 1. The van der Waals surface area contributed by atoms with E-state index in [1.165, 1.54) is 25.1 Å². The Labute approximate surface area is 111 Å². The maximum Gasteiger partial charge on any atom is 0.287 e. The molecule has 1 aliphatic heterocycles. The zero-order valence-electron chi connectivity index (χ0n) is 10.4. The first-order chi connectivity index (χ1) is 8.70. The molecular formula is C12H17N3O2S. The molecule has 1 atom stereocenters. The van der Waals surface area contributed by atoms with Gasteiger partial charge in [0.2, 0.25) is 0 Å². The van der Waals surface area contributed by atoms with Crippen molar-refractivity contribution in [2.75, 3.05) is 24.2 Å². The average Bonchev–Trinajstić information content (AvgIpc) is 2.64. The normalized spacial score (nSPS) is 20.5. The van der Waals surface area contributed by atoms with Gasteiger partial charge in [-0.2, -0.15) is 11.8 Å². The summed E-state index contributed by atoms with van der Waals surface area (Å²) in [6, 6.07) is 3.28. The first-order valence-corrected chi connectivity index (χ1v) is 7.37. The second kappa shape index (κ2) is 6.04. The predicted octanol–water partition coefficient (Wildman–Crippen LogP) is 2.71. The van der Waals surface area contributed by atoms with E-state index in [9.17, 15) is 10.1 Å². The minimum absolute atomic E-state index is 0.0509. The molecule has 1 fully saturated rings. The maximum atomic E-state index is 10.6. The summed E-state index contributed by atoms with van der Waals surface area (Å²) in [5, 5.41) is 11.2. The topological polar surface area (TPSA) is 59.3 Å². The monoisotopic (exact) mass is 267 g/mol. The van der Waals surface area contributed by atoms with E-state index in [1.54, 1.807) is 6.07 Å². The maximum absolute atomic E-state index is 10.6. The van der Waals surface area contributed by atoms with E-state index in [4.69, 9.17) is 0 Å². The van der Waals surface area contributed by atoms with E-state index < -0.39 is 4.92 Å². The quantitative estimate of drug-likeness (QED) is 0.622. The van der Waals surface area contributed by atoms with Gasteiger partial charge in [-0.15, -0.1) is 0 Å². The van der Waals surface area contributed by atoms with Crippen molar-refractivity contribution in [2.24, 2.45) is 0 Å². The third-order valence-electron chi connectivity index (χ3n) is 3.23. The molecule has 18 heavy (non-hydrogen) atoms. The van der Waals surface area contributed by atoms with Crippen LogP contribution in [0.2, 0.25) is 0 Å². The Balaban J connectivity index is 2.11. The van der Waals surface area contributed by atoms with E-state index in [0.717, 1.165) is 25.3 Å². The third-order valence-corrected chi connectivity index (χ3v) is 4.28. The number of nitrogens with zero attached hydrogens (tertiary/aromatic N) is 3. The Bertz CT molecular complexity index is 410. The van der Waals surface area contributed by atoms with Gasteiger partial charge in [0.15, 0.2) is 0 Å². The lowest BCUT2D eigenvalue weighted by Gasteiger charge is -2.24. The molecule has 6 heteroatoms. The standard InChI is InChI=1S/C12H17N3O2S/c1-18-11-4-2-3-7-14(9-11)12-6-5-10(8-13-12)15(16)17/h5-6,8,11H,2-4,7,9H2,1H3. The number of aromatic nitrogens is 1. The summed E-state index contributed by atoms with van der Waals surface area (Å²) >= 11 is 1.89. The summed E-state index contributed by atoms with van der Waals surface area (Å²) in [5.41, 5.74) is 0.0509. The summed E-state index contributed by atoms with van der Waals surface area (Å²) in [4.78, 5) is 16.6. The molecule has 98 valence electrons. The van der Waals surface area contributed by atoms with Crippen molar-refractivity contribution in [1.82, 2.24) is 4.98 Å². The van der Waals surface area contributed by atoms with Crippen LogP contribution in [-0.2, 0) is 0 Å². The van der Waals surface area contributed by atoms with Crippen molar-refractivity contribution in [3.63, 3.8) is 0 Å². The van der Waals surface area contributed by atoms with Crippen LogP contribution in [0.4, 0.5) is 11.5 Å². The fraction of sp³-hybridized carbons (Fsp3) is 0.583. The summed E-state index contributed by atoms with van der Waals surface area (Å²) < 4.78 is 0. The van der Waals surface area contributed by atoms with Crippen molar-refractivity contribution >= 4 is 23.3 Å². The fourth-order valence-corrected chi connectivity index (χ4v) is 2.91. The SMILES string of the molecule is CSC1CCCCN(c2ccc([N+](=O)[O-])cn2)C1. The molecule has 5 nitrogen and oxygen atoms in total. The number of hydrogen-bond donors (Lipinski definition) is 0. The van der Waals surface area contributed by atoms with Crippen LogP contribution in [0.5, 0.6) is 0 Å². The molecule has 0 radical (unpaired) electrons. The predicted molar refractivity (Wildman–Crippen MR) is 74.3 cm³/mol. The minimum atomic E-state index is -0.413. The Morgan fingerprint density at radius 2 is 2.33 bits per heavy atom. The van der Waals surface area contributed by atoms with Gasteiger partial charge in [0, 0.05) is 24.4 Å². The highest BCUT2D eigenvalue weighted by Gasteiger charge is 2.19. The second-order valence-corrected chi connectivity index (χ2v) is 5.57. The van der Waals surface area contributed by atoms with Gasteiger partial charge in [0.05, 0.1) is 4.92 Å². The molecule has 1 unspecified atom stereocenters. The smallest absolute Gasteiger partial charge is 0.287 e. The van der Waals surface area contributed by atoms with Crippen LogP contribution in [0.25, 0.3) is 0 Å². The highest BCUT2D eigenvalue weighted by Crippen LogP contribution is 2.24. The number of nitro groups is 1. The molecule has 1 saturated heterocycles. The van der Waals surface area contributed by atoms with Crippen LogP contribution in [0.3, 0.4) is 0 Å². The molecule has 0 N–H and O–H groups in total. The van der Waals surface area contributed by atoms with E-state index in [2.05, 4.69) is 16.1 Å². The number of anilines is 1. The molecule has 0 spiro atoms. The molecular weight excluding hydrogens is 250 g/mol. The van der Waals surface area contributed by atoms with Gasteiger partial charge in [-0.1, -0.05) is 6.42 Å². The van der Waals surface area contributed by atoms with Gasteiger partial charge >= 0.3 is 0 Å². The zero-order chi connectivity index (χ0) is 13.0. The Kier molecular flexibility index (Phi) is 4.41. The number of rotatable bonds is 3. The molecule has 1 aromatic rings. The fourth-order valence-electron chi connectivity index (χ4n) is 2.18. The van der Waals surface area contributed by atoms with Crippen LogP contribution < -0.4 is 4.90 Å². The molecule has 2 rings (SSSR count). The van der Waals surface area contributed by atoms with Crippen molar-refractivity contribution < 1.29 is 4.92 Å². The van der Waals surface area contributed by atoms with Crippen LogP contribution in [0.1, 0.15) is 19.3 Å². The average molecular weight is 267 g/mol. The van der Waals surface area contributed by atoms with Gasteiger partial charge in [-0.25, -0.2) is 4.98 Å². The molecule has 0 saturated carbocycles. The number of hydrogen-bond acceptors (Lipinski definition) is 5. The Morgan fingerprint density at radius 1 is 1.50 bits per heavy atom. The second-order valence-electron chi connectivity index (χ2n) is 4.43. The van der Waals surface area contributed by atoms with Crippen molar-refractivity contribution in [3.8, 4) is 0 Å². The lowest BCUT2D eigenvalue weighted by Crippen LogP contribution is -2.30. The Morgan fingerprint density at radius 3 is 2.94 bits per heavy atom. The summed E-state index contributed by atoms with van der Waals surface area (Å²) in [7, 11) is 0. The van der Waals surface area contributed by atoms with Crippen LogP contribution in [0.15, 0.2) is 18.3 Å². The van der Waals surface area contributed by atoms with Crippen molar-refractivity contribution in [2.45, 2.75) is 24.5 Å². The van der Waals surface area contributed by atoms with Crippen LogP contribution in [0, 0.1) is 10.1 Å². The molecule has 0 bridgehead atoms. The van der Waals surface area contributed by atoms with Gasteiger partial charge in [-0.05, 0) is 25.2 Å².